The molecule has 1 saturated heterocycles. The Morgan fingerprint density at radius 3 is 2.59 bits per heavy atom. The highest BCUT2D eigenvalue weighted by Crippen LogP contribution is 2.23. The van der Waals surface area contributed by atoms with E-state index in [-0.39, 0.29) is 23.6 Å². The Morgan fingerprint density at radius 1 is 1.12 bits per heavy atom. The van der Waals surface area contributed by atoms with Crippen LogP contribution in [0.15, 0.2) is 65.2 Å². The standard InChI is InChI=1S/C24H26N4O4/c1-17-14-22(27-32-17)23(29)25-15-18-6-5-13-28(16-18)24(30)26-19-9-11-21(12-10-19)31-20-7-3-2-4-8-20/h2-4,7-12,14,18H,5-6,13,15-16H2,1H3,(H,25,29)(H,26,30)/t18-/m1/s1. The zero-order valence-corrected chi connectivity index (χ0v) is 17.9. The van der Waals surface area contributed by atoms with Crippen molar-refractivity contribution < 1.29 is 18.8 Å². The molecule has 32 heavy (non-hydrogen) atoms. The van der Waals surface area contributed by atoms with E-state index in [1.54, 1.807) is 17.9 Å². The van der Waals surface area contributed by atoms with Gasteiger partial charge in [0.2, 0.25) is 0 Å². The smallest absolute Gasteiger partial charge is 0.321 e. The van der Waals surface area contributed by atoms with E-state index in [2.05, 4.69) is 15.8 Å². The van der Waals surface area contributed by atoms with E-state index in [1.807, 2.05) is 54.6 Å². The number of para-hydroxylation sites is 1. The number of urea groups is 1. The zero-order valence-electron chi connectivity index (χ0n) is 17.9. The molecule has 0 spiro atoms. The number of likely N-dealkylation sites (tertiary alicyclic amines) is 1. The van der Waals surface area contributed by atoms with Crippen LogP contribution in [0, 0.1) is 12.8 Å². The van der Waals surface area contributed by atoms with Crippen LogP contribution in [-0.4, -0.2) is 41.6 Å². The maximum atomic E-state index is 12.7. The second-order valence-electron chi connectivity index (χ2n) is 7.86. The van der Waals surface area contributed by atoms with Crippen LogP contribution in [0.3, 0.4) is 0 Å². The molecule has 4 rings (SSSR count). The van der Waals surface area contributed by atoms with Crippen molar-refractivity contribution in [3.63, 3.8) is 0 Å². The Morgan fingerprint density at radius 2 is 1.88 bits per heavy atom. The zero-order chi connectivity index (χ0) is 22.3. The summed E-state index contributed by atoms with van der Waals surface area (Å²) in [6.45, 7) is 3.50. The highest BCUT2D eigenvalue weighted by Gasteiger charge is 2.24. The van der Waals surface area contributed by atoms with E-state index in [9.17, 15) is 9.59 Å². The third-order valence-corrected chi connectivity index (χ3v) is 5.30. The van der Waals surface area contributed by atoms with E-state index in [1.165, 1.54) is 0 Å². The first-order valence-corrected chi connectivity index (χ1v) is 10.7. The average Bonchev–Trinajstić information content (AvgIpc) is 3.26. The van der Waals surface area contributed by atoms with Crippen LogP contribution >= 0.6 is 0 Å². The van der Waals surface area contributed by atoms with Crippen molar-refractivity contribution >= 4 is 17.6 Å². The topological polar surface area (TPSA) is 96.7 Å². The summed E-state index contributed by atoms with van der Waals surface area (Å²) in [4.78, 5) is 26.7. The van der Waals surface area contributed by atoms with Gasteiger partial charge in [0, 0.05) is 31.4 Å². The molecule has 1 aromatic heterocycles. The fourth-order valence-corrected chi connectivity index (χ4v) is 3.65. The summed E-state index contributed by atoms with van der Waals surface area (Å²) in [5.41, 5.74) is 0.972. The molecule has 8 heteroatoms. The Kier molecular flexibility index (Phi) is 6.69. The Hall–Kier alpha value is -3.81. The molecule has 1 aliphatic heterocycles. The second-order valence-corrected chi connectivity index (χ2v) is 7.86. The molecule has 1 aliphatic rings. The van der Waals surface area contributed by atoms with Gasteiger partial charge in [-0.25, -0.2) is 4.79 Å². The lowest BCUT2D eigenvalue weighted by Gasteiger charge is -2.32. The lowest BCUT2D eigenvalue weighted by Crippen LogP contribution is -2.45. The first-order chi connectivity index (χ1) is 15.6. The number of ether oxygens (including phenoxy) is 1. The number of hydrogen-bond donors (Lipinski definition) is 2. The Bertz CT molecular complexity index is 1050. The summed E-state index contributed by atoms with van der Waals surface area (Å²) in [6, 6.07) is 18.3. The number of aryl methyl sites for hydroxylation is 1. The van der Waals surface area contributed by atoms with Crippen LogP contribution in [0.1, 0.15) is 29.1 Å². The fraction of sp³-hybridized carbons (Fsp3) is 0.292. The van der Waals surface area contributed by atoms with E-state index >= 15 is 0 Å². The number of hydrogen-bond acceptors (Lipinski definition) is 5. The van der Waals surface area contributed by atoms with Gasteiger partial charge in [0.05, 0.1) is 0 Å². The van der Waals surface area contributed by atoms with Gasteiger partial charge in [0.25, 0.3) is 5.91 Å². The first kappa shape index (κ1) is 21.4. The maximum absolute atomic E-state index is 12.7. The molecule has 0 radical (unpaired) electrons. The van der Waals surface area contributed by atoms with Crippen molar-refractivity contribution in [3.8, 4) is 11.5 Å². The summed E-state index contributed by atoms with van der Waals surface area (Å²) >= 11 is 0. The van der Waals surface area contributed by atoms with Gasteiger partial charge in [-0.3, -0.25) is 4.79 Å². The predicted molar refractivity (Wildman–Crippen MR) is 120 cm³/mol. The molecule has 2 N–H and O–H groups in total. The number of nitrogens with one attached hydrogen (secondary N) is 2. The molecule has 0 unspecified atom stereocenters. The van der Waals surface area contributed by atoms with Crippen LogP contribution in [0.2, 0.25) is 0 Å². The highest BCUT2D eigenvalue weighted by molar-refractivity contribution is 5.92. The third-order valence-electron chi connectivity index (χ3n) is 5.30. The van der Waals surface area contributed by atoms with Crippen molar-refractivity contribution in [1.82, 2.24) is 15.4 Å². The number of benzene rings is 2. The van der Waals surface area contributed by atoms with Gasteiger partial charge in [0.15, 0.2) is 5.69 Å². The normalized spacial score (nSPS) is 15.8. The molecule has 1 fully saturated rings. The molecule has 166 valence electrons. The Balaban J connectivity index is 1.26. The highest BCUT2D eigenvalue weighted by atomic mass is 16.5. The van der Waals surface area contributed by atoms with Crippen LogP contribution in [0.5, 0.6) is 11.5 Å². The second kappa shape index (κ2) is 10.00. The van der Waals surface area contributed by atoms with Crippen molar-refractivity contribution in [2.45, 2.75) is 19.8 Å². The predicted octanol–water partition coefficient (Wildman–Crippen LogP) is 4.45. The summed E-state index contributed by atoms with van der Waals surface area (Å²) in [5.74, 6) is 1.98. The number of aromatic nitrogens is 1. The van der Waals surface area contributed by atoms with Crippen LogP contribution in [-0.2, 0) is 0 Å². The molecule has 2 heterocycles. The van der Waals surface area contributed by atoms with Crippen molar-refractivity contribution in [1.29, 1.82) is 0 Å². The average molecular weight is 434 g/mol. The van der Waals surface area contributed by atoms with E-state index in [4.69, 9.17) is 9.26 Å². The van der Waals surface area contributed by atoms with Crippen LogP contribution in [0.25, 0.3) is 0 Å². The summed E-state index contributed by atoms with van der Waals surface area (Å²) < 4.78 is 10.7. The van der Waals surface area contributed by atoms with Gasteiger partial charge < -0.3 is 24.8 Å². The molecule has 8 nitrogen and oxygen atoms in total. The fourth-order valence-electron chi connectivity index (χ4n) is 3.65. The minimum Gasteiger partial charge on any atom is -0.457 e. The van der Waals surface area contributed by atoms with E-state index in [0.717, 1.165) is 18.6 Å². The lowest BCUT2D eigenvalue weighted by atomic mass is 9.98. The number of anilines is 1. The number of amides is 3. The number of carbonyl (C=O) groups is 2. The number of nitrogens with zero attached hydrogens (tertiary/aromatic N) is 2. The molecular weight excluding hydrogens is 408 g/mol. The first-order valence-electron chi connectivity index (χ1n) is 10.7. The molecular formula is C24H26N4O4. The quantitative estimate of drug-likeness (QED) is 0.598. The maximum Gasteiger partial charge on any atom is 0.321 e. The molecule has 0 saturated carbocycles. The SMILES string of the molecule is Cc1cc(C(=O)NC[C@H]2CCCN(C(=O)Nc3ccc(Oc4ccccc4)cc3)C2)no1. The van der Waals surface area contributed by atoms with E-state index < -0.39 is 0 Å². The van der Waals surface area contributed by atoms with Crippen molar-refractivity contribution in [2.75, 3.05) is 25.0 Å². The molecule has 0 bridgehead atoms. The lowest BCUT2D eigenvalue weighted by molar-refractivity contribution is 0.0929. The van der Waals surface area contributed by atoms with Gasteiger partial charge in [-0.05, 0) is 62.1 Å². The van der Waals surface area contributed by atoms with Gasteiger partial charge in [0.1, 0.15) is 17.3 Å². The summed E-state index contributed by atoms with van der Waals surface area (Å²) in [6.07, 6.45) is 1.84. The molecule has 3 amide bonds. The van der Waals surface area contributed by atoms with E-state index in [0.29, 0.717) is 36.8 Å². The van der Waals surface area contributed by atoms with Gasteiger partial charge in [-0.15, -0.1) is 0 Å². The molecule has 1 atom stereocenters. The number of rotatable bonds is 6. The third kappa shape index (κ3) is 5.66. The van der Waals surface area contributed by atoms with Gasteiger partial charge >= 0.3 is 6.03 Å². The summed E-state index contributed by atoms with van der Waals surface area (Å²) in [5, 5.41) is 9.55. The van der Waals surface area contributed by atoms with Crippen molar-refractivity contribution in [2.24, 2.45) is 5.92 Å². The largest absolute Gasteiger partial charge is 0.457 e. The number of carbonyl (C=O) groups excluding carboxylic acids is 2. The van der Waals surface area contributed by atoms with Crippen LogP contribution < -0.4 is 15.4 Å². The number of piperidine rings is 1. The summed E-state index contributed by atoms with van der Waals surface area (Å²) in [7, 11) is 0. The molecule has 2 aromatic carbocycles. The van der Waals surface area contributed by atoms with Crippen molar-refractivity contribution in [3.05, 3.63) is 72.1 Å². The van der Waals surface area contributed by atoms with Gasteiger partial charge in [-0.1, -0.05) is 23.4 Å². The van der Waals surface area contributed by atoms with Gasteiger partial charge in [-0.2, -0.15) is 0 Å². The molecule has 0 aliphatic carbocycles. The van der Waals surface area contributed by atoms with Crippen LogP contribution in [0.4, 0.5) is 10.5 Å². The Labute approximate surface area is 186 Å². The molecule has 3 aromatic rings. The minimum absolute atomic E-state index is 0.148. The minimum atomic E-state index is -0.263. The monoisotopic (exact) mass is 434 g/mol.